The Morgan fingerprint density at radius 3 is 2.29 bits per heavy atom. The van der Waals surface area contributed by atoms with E-state index >= 15 is 0 Å². The van der Waals surface area contributed by atoms with Crippen molar-refractivity contribution >= 4 is 34.2 Å². The van der Waals surface area contributed by atoms with Gasteiger partial charge in [-0.15, -0.1) is 0 Å². The molecule has 1 heterocycles. The summed E-state index contributed by atoms with van der Waals surface area (Å²) in [4.78, 5) is 4.51. The fourth-order valence-corrected chi connectivity index (χ4v) is 3.05. The van der Waals surface area contributed by atoms with Gasteiger partial charge in [0.1, 0.15) is 5.75 Å². The van der Waals surface area contributed by atoms with Gasteiger partial charge in [-0.3, -0.25) is 4.57 Å². The zero-order valence-corrected chi connectivity index (χ0v) is 15.4. The quantitative estimate of drug-likeness (QED) is 0.580. The minimum absolute atomic E-state index is 0.194. The first-order valence-electron chi connectivity index (χ1n) is 7.50. The highest BCUT2D eigenvalue weighted by molar-refractivity contribution is 6.37. The molecular formula is C18H18Cl2N2O2. The summed E-state index contributed by atoms with van der Waals surface area (Å²) in [7, 11) is 1.62. The number of para-hydroxylation sites is 1. The molecule has 0 aliphatic rings. The zero-order valence-electron chi connectivity index (χ0n) is 13.9. The van der Waals surface area contributed by atoms with Crippen LogP contribution < -0.4 is 9.47 Å². The number of methoxy groups -OCH3 is 1. The van der Waals surface area contributed by atoms with Gasteiger partial charge in [0.15, 0.2) is 5.75 Å². The molecule has 4 nitrogen and oxygen atoms in total. The Morgan fingerprint density at radius 1 is 1.04 bits per heavy atom. The van der Waals surface area contributed by atoms with E-state index in [1.165, 1.54) is 0 Å². The average molecular weight is 365 g/mol. The summed E-state index contributed by atoms with van der Waals surface area (Å²) in [5.74, 6) is 1.07. The Morgan fingerprint density at radius 2 is 1.71 bits per heavy atom. The van der Waals surface area contributed by atoms with E-state index in [2.05, 4.69) is 25.8 Å². The van der Waals surface area contributed by atoms with Crippen LogP contribution in [0, 0.1) is 0 Å². The monoisotopic (exact) mass is 364 g/mol. The third-order valence-electron chi connectivity index (χ3n) is 3.59. The summed E-state index contributed by atoms with van der Waals surface area (Å²) < 4.78 is 13.4. The lowest BCUT2D eigenvalue weighted by Gasteiger charge is -2.23. The van der Waals surface area contributed by atoms with Crippen LogP contribution in [0.5, 0.6) is 17.5 Å². The molecule has 0 unspecified atom stereocenters. The zero-order chi connectivity index (χ0) is 17.5. The summed E-state index contributed by atoms with van der Waals surface area (Å²) in [5, 5.41) is 0.925. The van der Waals surface area contributed by atoms with Crippen molar-refractivity contribution in [2.45, 2.75) is 26.3 Å². The molecule has 3 rings (SSSR count). The van der Waals surface area contributed by atoms with E-state index < -0.39 is 0 Å². The summed E-state index contributed by atoms with van der Waals surface area (Å²) in [6.45, 7) is 6.28. The molecule has 2 aromatic carbocycles. The normalized spacial score (nSPS) is 11.8. The van der Waals surface area contributed by atoms with Gasteiger partial charge in [0.05, 0.1) is 28.2 Å². The molecule has 3 aromatic rings. The second kappa shape index (κ2) is 6.19. The predicted molar refractivity (Wildman–Crippen MR) is 97.8 cm³/mol. The van der Waals surface area contributed by atoms with E-state index in [9.17, 15) is 0 Å². The van der Waals surface area contributed by atoms with Gasteiger partial charge in [-0.2, -0.15) is 4.98 Å². The van der Waals surface area contributed by atoms with Gasteiger partial charge in [0.25, 0.3) is 6.01 Å². The van der Waals surface area contributed by atoms with E-state index in [0.29, 0.717) is 27.6 Å². The van der Waals surface area contributed by atoms with Crippen LogP contribution in [-0.2, 0) is 5.54 Å². The van der Waals surface area contributed by atoms with Crippen molar-refractivity contribution < 1.29 is 9.47 Å². The predicted octanol–water partition coefficient (Wildman–Crippen LogP) is 5.90. The smallest absolute Gasteiger partial charge is 0.297 e. The second-order valence-electron chi connectivity index (χ2n) is 6.41. The van der Waals surface area contributed by atoms with E-state index in [1.807, 2.05) is 22.8 Å². The SMILES string of the molecule is COc1nc2ccc(Oc3c(Cl)cccc3Cl)cc2n1C(C)(C)C. The maximum absolute atomic E-state index is 6.18. The number of benzene rings is 2. The van der Waals surface area contributed by atoms with E-state index in [0.717, 1.165) is 11.0 Å². The van der Waals surface area contributed by atoms with Crippen molar-refractivity contribution in [1.82, 2.24) is 9.55 Å². The standard InChI is InChI=1S/C18H18Cl2N2O2/c1-18(2,3)22-15-10-11(8-9-14(15)21-17(22)23-4)24-16-12(19)6-5-7-13(16)20/h5-10H,1-4H3. The first-order chi connectivity index (χ1) is 11.3. The lowest BCUT2D eigenvalue weighted by Crippen LogP contribution is -2.22. The number of nitrogens with zero attached hydrogens (tertiary/aromatic N) is 2. The molecule has 0 amide bonds. The third kappa shape index (κ3) is 3.04. The molecule has 0 saturated heterocycles. The molecule has 0 aliphatic carbocycles. The third-order valence-corrected chi connectivity index (χ3v) is 4.18. The van der Waals surface area contributed by atoms with Crippen molar-refractivity contribution in [3.05, 3.63) is 46.4 Å². The van der Waals surface area contributed by atoms with Crippen LogP contribution in [0.4, 0.5) is 0 Å². The molecule has 0 N–H and O–H groups in total. The van der Waals surface area contributed by atoms with Crippen molar-refractivity contribution in [1.29, 1.82) is 0 Å². The molecule has 0 aliphatic heterocycles. The van der Waals surface area contributed by atoms with Gasteiger partial charge in [-0.1, -0.05) is 29.3 Å². The Balaban J connectivity index is 2.11. The van der Waals surface area contributed by atoms with E-state index in [1.54, 1.807) is 25.3 Å². The molecule has 1 aromatic heterocycles. The average Bonchev–Trinajstić information content (AvgIpc) is 2.89. The number of hydrogen-bond acceptors (Lipinski definition) is 3. The highest BCUT2D eigenvalue weighted by Gasteiger charge is 2.22. The molecule has 126 valence electrons. The van der Waals surface area contributed by atoms with Gasteiger partial charge in [0.2, 0.25) is 0 Å². The molecule has 0 fully saturated rings. The van der Waals surface area contributed by atoms with Gasteiger partial charge >= 0.3 is 0 Å². The number of hydrogen-bond donors (Lipinski definition) is 0. The number of halogens is 2. The molecule has 0 atom stereocenters. The Bertz CT molecular complexity index is 878. The number of rotatable bonds is 3. The maximum Gasteiger partial charge on any atom is 0.297 e. The number of aromatic nitrogens is 2. The van der Waals surface area contributed by atoms with Crippen LogP contribution in [0.1, 0.15) is 20.8 Å². The van der Waals surface area contributed by atoms with Crippen molar-refractivity contribution in [2.24, 2.45) is 0 Å². The van der Waals surface area contributed by atoms with Crippen LogP contribution in [0.15, 0.2) is 36.4 Å². The number of ether oxygens (including phenoxy) is 2. The maximum atomic E-state index is 6.18. The molecule has 0 spiro atoms. The van der Waals surface area contributed by atoms with Crippen LogP contribution in [0.3, 0.4) is 0 Å². The van der Waals surface area contributed by atoms with Crippen molar-refractivity contribution in [3.63, 3.8) is 0 Å². The Hall–Kier alpha value is -1.91. The van der Waals surface area contributed by atoms with Crippen LogP contribution in [0.2, 0.25) is 10.0 Å². The van der Waals surface area contributed by atoms with Gasteiger partial charge in [0, 0.05) is 11.6 Å². The Kier molecular flexibility index (Phi) is 4.37. The summed E-state index contributed by atoms with van der Waals surface area (Å²) >= 11 is 12.4. The number of fused-ring (bicyclic) bond motifs is 1. The molecule has 0 bridgehead atoms. The summed E-state index contributed by atoms with van der Waals surface area (Å²) in [6.07, 6.45) is 0. The van der Waals surface area contributed by atoms with E-state index in [-0.39, 0.29) is 5.54 Å². The lowest BCUT2D eigenvalue weighted by atomic mass is 10.1. The molecular weight excluding hydrogens is 347 g/mol. The van der Waals surface area contributed by atoms with Crippen molar-refractivity contribution in [3.8, 4) is 17.5 Å². The first-order valence-corrected chi connectivity index (χ1v) is 8.25. The summed E-state index contributed by atoms with van der Waals surface area (Å²) in [5.41, 5.74) is 1.56. The fourth-order valence-electron chi connectivity index (χ4n) is 2.58. The second-order valence-corrected chi connectivity index (χ2v) is 7.22. The minimum atomic E-state index is -0.194. The van der Waals surface area contributed by atoms with Crippen LogP contribution in [-0.4, -0.2) is 16.7 Å². The molecule has 24 heavy (non-hydrogen) atoms. The Labute approximate surface area is 150 Å². The molecule has 0 radical (unpaired) electrons. The molecule has 0 saturated carbocycles. The van der Waals surface area contributed by atoms with E-state index in [4.69, 9.17) is 32.7 Å². The summed E-state index contributed by atoms with van der Waals surface area (Å²) in [6, 6.07) is 11.5. The van der Waals surface area contributed by atoms with Gasteiger partial charge < -0.3 is 9.47 Å². The molecule has 6 heteroatoms. The van der Waals surface area contributed by atoms with Crippen LogP contribution >= 0.6 is 23.2 Å². The van der Waals surface area contributed by atoms with Gasteiger partial charge in [-0.05, 0) is 45.0 Å². The highest BCUT2D eigenvalue weighted by Crippen LogP contribution is 2.38. The topological polar surface area (TPSA) is 36.3 Å². The van der Waals surface area contributed by atoms with Gasteiger partial charge in [-0.25, -0.2) is 0 Å². The van der Waals surface area contributed by atoms with Crippen LogP contribution in [0.25, 0.3) is 11.0 Å². The largest absolute Gasteiger partial charge is 0.468 e. The lowest BCUT2D eigenvalue weighted by molar-refractivity contribution is 0.304. The first kappa shape index (κ1) is 16.9. The number of imidazole rings is 1. The minimum Gasteiger partial charge on any atom is -0.468 e. The highest BCUT2D eigenvalue weighted by atomic mass is 35.5. The fraction of sp³-hybridized carbons (Fsp3) is 0.278. The van der Waals surface area contributed by atoms with Crippen molar-refractivity contribution in [2.75, 3.05) is 7.11 Å².